The van der Waals surface area contributed by atoms with Gasteiger partial charge in [-0.2, -0.15) is 0 Å². The standard InChI is InChI=1S/C22H22N4O3S/c1-29-19-7-3-2-5-17(19)25-22(27)21-18(24-14-13-23)6-4-8-20(21)30-16-11-9-15(26-28)10-12-16/h2-12,24H,13-14,23H2,1H3,(H,25,27). The van der Waals surface area contributed by atoms with Crippen molar-refractivity contribution in [2.24, 2.45) is 10.9 Å². The van der Waals surface area contributed by atoms with Crippen molar-refractivity contribution in [2.75, 3.05) is 30.8 Å². The molecular formula is C22H22N4O3S. The van der Waals surface area contributed by atoms with Gasteiger partial charge in [0.2, 0.25) is 0 Å². The number of nitrogens with two attached hydrogens (primary N) is 1. The molecule has 0 unspecified atom stereocenters. The first kappa shape index (κ1) is 21.4. The first-order valence-electron chi connectivity index (χ1n) is 9.29. The molecule has 0 aromatic heterocycles. The Morgan fingerprint density at radius 2 is 1.77 bits per heavy atom. The number of carbonyl (C=O) groups is 1. The van der Waals surface area contributed by atoms with Crippen LogP contribution < -0.4 is 21.1 Å². The third-order valence-electron chi connectivity index (χ3n) is 4.24. The minimum atomic E-state index is -0.270. The molecule has 0 saturated heterocycles. The quantitative estimate of drug-likeness (QED) is 0.425. The van der Waals surface area contributed by atoms with Crippen LogP contribution in [-0.4, -0.2) is 26.1 Å². The fourth-order valence-electron chi connectivity index (χ4n) is 2.84. The second-order valence-electron chi connectivity index (χ2n) is 6.24. The van der Waals surface area contributed by atoms with Crippen molar-refractivity contribution in [1.82, 2.24) is 0 Å². The van der Waals surface area contributed by atoms with Crippen molar-refractivity contribution in [3.8, 4) is 5.75 Å². The number of nitrogens with one attached hydrogen (secondary N) is 2. The lowest BCUT2D eigenvalue weighted by Crippen LogP contribution is -2.19. The van der Waals surface area contributed by atoms with Gasteiger partial charge < -0.3 is 21.1 Å². The zero-order valence-electron chi connectivity index (χ0n) is 16.4. The van der Waals surface area contributed by atoms with Gasteiger partial charge in [-0.15, -0.1) is 4.91 Å². The van der Waals surface area contributed by atoms with E-state index in [0.717, 1.165) is 9.79 Å². The Morgan fingerprint density at radius 3 is 2.47 bits per heavy atom. The summed E-state index contributed by atoms with van der Waals surface area (Å²) in [6.45, 7) is 0.966. The second-order valence-corrected chi connectivity index (χ2v) is 7.35. The average Bonchev–Trinajstić information content (AvgIpc) is 2.78. The van der Waals surface area contributed by atoms with Crippen LogP contribution in [0.25, 0.3) is 0 Å². The number of hydrogen-bond acceptors (Lipinski definition) is 7. The highest BCUT2D eigenvalue weighted by atomic mass is 32.2. The summed E-state index contributed by atoms with van der Waals surface area (Å²) in [5.74, 6) is 0.303. The van der Waals surface area contributed by atoms with Crippen molar-refractivity contribution in [3.63, 3.8) is 0 Å². The molecule has 0 spiro atoms. The predicted octanol–water partition coefficient (Wildman–Crippen LogP) is 4.87. The maximum Gasteiger partial charge on any atom is 0.259 e. The number of carbonyl (C=O) groups excluding carboxylic acids is 1. The number of methoxy groups -OCH3 is 1. The van der Waals surface area contributed by atoms with E-state index in [-0.39, 0.29) is 5.91 Å². The SMILES string of the molecule is COc1ccccc1NC(=O)c1c(NCCN)cccc1Sc1ccc(N=O)cc1. The van der Waals surface area contributed by atoms with Crippen molar-refractivity contribution in [2.45, 2.75) is 9.79 Å². The van der Waals surface area contributed by atoms with Gasteiger partial charge in [0.15, 0.2) is 0 Å². The number of rotatable bonds is 9. The van der Waals surface area contributed by atoms with E-state index in [9.17, 15) is 9.70 Å². The van der Waals surface area contributed by atoms with Gasteiger partial charge in [0, 0.05) is 28.6 Å². The van der Waals surface area contributed by atoms with Gasteiger partial charge in [-0.1, -0.05) is 30.0 Å². The first-order valence-corrected chi connectivity index (χ1v) is 10.1. The topological polar surface area (TPSA) is 106 Å². The molecule has 0 bridgehead atoms. The van der Waals surface area contributed by atoms with E-state index in [1.54, 1.807) is 43.5 Å². The Kier molecular flexibility index (Phi) is 7.42. The maximum absolute atomic E-state index is 13.3. The summed E-state index contributed by atoms with van der Waals surface area (Å²) >= 11 is 1.42. The Labute approximate surface area is 179 Å². The van der Waals surface area contributed by atoms with E-state index in [4.69, 9.17) is 10.5 Å². The van der Waals surface area contributed by atoms with E-state index >= 15 is 0 Å². The Bertz CT molecular complexity index is 1030. The molecule has 0 fully saturated rings. The fourth-order valence-corrected chi connectivity index (χ4v) is 3.82. The monoisotopic (exact) mass is 422 g/mol. The summed E-state index contributed by atoms with van der Waals surface area (Å²) in [7, 11) is 1.56. The molecule has 0 saturated carbocycles. The zero-order chi connectivity index (χ0) is 21.3. The molecule has 0 atom stereocenters. The van der Waals surface area contributed by atoms with Gasteiger partial charge in [0.25, 0.3) is 5.91 Å². The van der Waals surface area contributed by atoms with Crippen molar-refractivity contribution >= 4 is 34.7 Å². The number of ether oxygens (including phenoxy) is 1. The van der Waals surface area contributed by atoms with E-state index in [1.165, 1.54) is 11.8 Å². The van der Waals surface area contributed by atoms with Crippen LogP contribution in [-0.2, 0) is 0 Å². The maximum atomic E-state index is 13.3. The molecule has 0 aliphatic heterocycles. The molecule has 30 heavy (non-hydrogen) atoms. The molecule has 7 nitrogen and oxygen atoms in total. The van der Waals surface area contributed by atoms with Crippen LogP contribution in [0.2, 0.25) is 0 Å². The number of benzene rings is 3. The van der Waals surface area contributed by atoms with E-state index < -0.39 is 0 Å². The summed E-state index contributed by atoms with van der Waals surface area (Å²) in [5.41, 5.74) is 7.75. The lowest BCUT2D eigenvalue weighted by atomic mass is 10.1. The number of hydrogen-bond donors (Lipinski definition) is 3. The molecule has 154 valence electrons. The van der Waals surface area contributed by atoms with Gasteiger partial charge >= 0.3 is 0 Å². The molecule has 3 rings (SSSR count). The predicted molar refractivity (Wildman–Crippen MR) is 121 cm³/mol. The summed E-state index contributed by atoms with van der Waals surface area (Å²) < 4.78 is 5.34. The molecule has 0 heterocycles. The molecule has 3 aromatic rings. The van der Waals surface area contributed by atoms with Gasteiger partial charge in [-0.25, -0.2) is 0 Å². The van der Waals surface area contributed by atoms with Crippen LogP contribution in [0.1, 0.15) is 10.4 Å². The van der Waals surface area contributed by atoms with Gasteiger partial charge in [0.1, 0.15) is 11.4 Å². The van der Waals surface area contributed by atoms with Crippen LogP contribution in [0.3, 0.4) is 0 Å². The van der Waals surface area contributed by atoms with Crippen LogP contribution in [0.15, 0.2) is 81.7 Å². The Hall–Kier alpha value is -3.36. The molecule has 8 heteroatoms. The number of amides is 1. The lowest BCUT2D eigenvalue weighted by Gasteiger charge is -2.17. The zero-order valence-corrected chi connectivity index (χ0v) is 17.2. The summed E-state index contributed by atoms with van der Waals surface area (Å²) in [6, 6.07) is 19.7. The van der Waals surface area contributed by atoms with E-state index in [0.29, 0.717) is 41.5 Å². The molecule has 3 aromatic carbocycles. The normalized spacial score (nSPS) is 10.3. The van der Waals surface area contributed by atoms with Crippen LogP contribution in [0.5, 0.6) is 5.75 Å². The molecule has 0 aliphatic carbocycles. The molecular weight excluding hydrogens is 400 g/mol. The van der Waals surface area contributed by atoms with Crippen LogP contribution in [0, 0.1) is 4.91 Å². The summed E-state index contributed by atoms with van der Waals surface area (Å²) in [5, 5.41) is 9.07. The van der Waals surface area contributed by atoms with Gasteiger partial charge in [0.05, 0.1) is 18.4 Å². The second kappa shape index (κ2) is 10.4. The Balaban J connectivity index is 1.96. The minimum Gasteiger partial charge on any atom is -0.495 e. The highest BCUT2D eigenvalue weighted by Gasteiger charge is 2.19. The largest absolute Gasteiger partial charge is 0.495 e. The Morgan fingerprint density at radius 1 is 1.03 bits per heavy atom. The third kappa shape index (κ3) is 5.16. The molecule has 0 radical (unpaired) electrons. The van der Waals surface area contributed by atoms with Gasteiger partial charge in [-0.05, 0) is 53.7 Å². The smallest absolute Gasteiger partial charge is 0.259 e. The van der Waals surface area contributed by atoms with Crippen molar-refractivity contribution in [1.29, 1.82) is 0 Å². The summed E-state index contributed by atoms with van der Waals surface area (Å²) in [6.07, 6.45) is 0. The van der Waals surface area contributed by atoms with Crippen LogP contribution in [0.4, 0.5) is 17.1 Å². The lowest BCUT2D eigenvalue weighted by molar-refractivity contribution is 0.102. The molecule has 1 amide bonds. The first-order chi connectivity index (χ1) is 14.7. The third-order valence-corrected chi connectivity index (χ3v) is 5.31. The highest BCUT2D eigenvalue weighted by molar-refractivity contribution is 7.99. The minimum absolute atomic E-state index is 0.270. The van der Waals surface area contributed by atoms with Crippen LogP contribution >= 0.6 is 11.8 Å². The number of nitroso groups, excluding NO2 is 1. The fraction of sp³-hybridized carbons (Fsp3) is 0.136. The number of nitrogens with zero attached hydrogens (tertiary/aromatic N) is 1. The van der Waals surface area contributed by atoms with Crippen molar-refractivity contribution < 1.29 is 9.53 Å². The number of anilines is 2. The van der Waals surface area contributed by atoms with E-state index in [1.807, 2.05) is 30.3 Å². The van der Waals surface area contributed by atoms with Crippen molar-refractivity contribution in [3.05, 3.63) is 77.2 Å². The van der Waals surface area contributed by atoms with Gasteiger partial charge in [-0.3, -0.25) is 4.79 Å². The molecule has 4 N–H and O–H groups in total. The molecule has 0 aliphatic rings. The number of para-hydroxylation sites is 2. The average molecular weight is 423 g/mol. The van der Waals surface area contributed by atoms with E-state index in [2.05, 4.69) is 15.8 Å². The summed E-state index contributed by atoms with van der Waals surface area (Å²) in [4.78, 5) is 25.6. The highest BCUT2D eigenvalue weighted by Crippen LogP contribution is 2.36.